The average molecular weight is 242 g/mol. The predicted octanol–water partition coefficient (Wildman–Crippen LogP) is 4.66. The van der Waals surface area contributed by atoms with E-state index in [1.807, 2.05) is 24.3 Å². The molecule has 0 bridgehead atoms. The molecule has 2 aromatic carbocycles. The first-order valence-electron chi connectivity index (χ1n) is 5.62. The minimum absolute atomic E-state index is 0.812. The average Bonchev–Trinajstić information content (AvgIpc) is 2.34. The molecule has 1 heterocycles. The summed E-state index contributed by atoms with van der Waals surface area (Å²) in [7, 11) is 0. The molecular weight excluding hydrogens is 230 g/mol. The third-order valence-corrected chi connectivity index (χ3v) is 3.57. The van der Waals surface area contributed by atoms with Gasteiger partial charge in [0.1, 0.15) is 0 Å². The summed E-state index contributed by atoms with van der Waals surface area (Å²) in [5, 5.41) is 2.91. The van der Waals surface area contributed by atoms with Gasteiger partial charge in [-0.15, -0.1) is 0 Å². The fourth-order valence-corrected chi connectivity index (χ4v) is 2.63. The van der Waals surface area contributed by atoms with Crippen LogP contribution in [0.25, 0.3) is 21.8 Å². The number of rotatable bonds is 0. The number of pyridine rings is 1. The maximum atomic E-state index is 6.51. The van der Waals surface area contributed by atoms with E-state index in [0.29, 0.717) is 0 Å². The quantitative estimate of drug-likeness (QED) is 0.522. The Labute approximate surface area is 105 Å². The molecule has 0 saturated carbocycles. The first-order chi connectivity index (χ1) is 8.18. The highest BCUT2D eigenvalue weighted by molar-refractivity contribution is 6.40. The Morgan fingerprint density at radius 1 is 0.941 bits per heavy atom. The Morgan fingerprint density at radius 2 is 1.65 bits per heavy atom. The van der Waals surface area contributed by atoms with Gasteiger partial charge in [-0.3, -0.25) is 0 Å². The van der Waals surface area contributed by atoms with Gasteiger partial charge < -0.3 is 0 Å². The van der Waals surface area contributed by atoms with Crippen molar-refractivity contribution >= 4 is 33.4 Å². The zero-order valence-electron chi connectivity index (χ0n) is 9.79. The molecule has 0 radical (unpaired) electrons. The number of hydrogen-bond donors (Lipinski definition) is 0. The van der Waals surface area contributed by atoms with E-state index in [0.717, 1.165) is 26.8 Å². The molecule has 0 saturated heterocycles. The molecule has 0 amide bonds. The van der Waals surface area contributed by atoms with E-state index in [4.69, 9.17) is 16.6 Å². The molecule has 1 aromatic heterocycles. The summed E-state index contributed by atoms with van der Waals surface area (Å²) in [6.45, 7) is 4.14. The van der Waals surface area contributed by atoms with Gasteiger partial charge >= 0.3 is 0 Å². The van der Waals surface area contributed by atoms with Crippen molar-refractivity contribution in [2.45, 2.75) is 13.8 Å². The fraction of sp³-hybridized carbons (Fsp3) is 0.133. The van der Waals surface area contributed by atoms with Gasteiger partial charge in [-0.05, 0) is 31.0 Å². The van der Waals surface area contributed by atoms with Crippen LogP contribution in [-0.4, -0.2) is 4.98 Å². The molecule has 0 fully saturated rings. The maximum Gasteiger partial charge on any atom is 0.0756 e. The molecular formula is C15H12ClN. The van der Waals surface area contributed by atoms with Crippen LogP contribution in [0.4, 0.5) is 0 Å². The van der Waals surface area contributed by atoms with Crippen molar-refractivity contribution in [3.05, 3.63) is 52.5 Å². The van der Waals surface area contributed by atoms with Crippen LogP contribution < -0.4 is 0 Å². The summed E-state index contributed by atoms with van der Waals surface area (Å²) in [6, 6.07) is 12.2. The second-order valence-electron chi connectivity index (χ2n) is 4.37. The molecule has 0 aliphatic carbocycles. The molecule has 0 unspecified atom stereocenters. The van der Waals surface area contributed by atoms with Crippen LogP contribution in [0.3, 0.4) is 0 Å². The molecule has 0 spiro atoms. The smallest absolute Gasteiger partial charge is 0.0756 e. The van der Waals surface area contributed by atoms with Gasteiger partial charge in [-0.2, -0.15) is 0 Å². The summed E-state index contributed by atoms with van der Waals surface area (Å²) in [5.41, 5.74) is 4.31. The van der Waals surface area contributed by atoms with Gasteiger partial charge in [-0.25, -0.2) is 4.98 Å². The summed E-state index contributed by atoms with van der Waals surface area (Å²) in [4.78, 5) is 4.71. The van der Waals surface area contributed by atoms with Crippen molar-refractivity contribution in [1.82, 2.24) is 4.98 Å². The number of aromatic nitrogens is 1. The highest BCUT2D eigenvalue weighted by Crippen LogP contribution is 2.33. The topological polar surface area (TPSA) is 12.9 Å². The molecule has 0 aliphatic heterocycles. The van der Waals surface area contributed by atoms with Crippen molar-refractivity contribution in [3.63, 3.8) is 0 Å². The van der Waals surface area contributed by atoms with Crippen molar-refractivity contribution in [2.75, 3.05) is 0 Å². The summed E-state index contributed by atoms with van der Waals surface area (Å²) in [5.74, 6) is 0. The molecule has 0 N–H and O–H groups in total. The van der Waals surface area contributed by atoms with Gasteiger partial charge in [0.2, 0.25) is 0 Å². The lowest BCUT2D eigenvalue weighted by molar-refractivity contribution is 1.39. The zero-order valence-corrected chi connectivity index (χ0v) is 10.5. The molecule has 3 aromatic rings. The second-order valence-corrected chi connectivity index (χ2v) is 4.74. The molecule has 84 valence electrons. The molecule has 2 heteroatoms. The van der Waals surface area contributed by atoms with Gasteiger partial charge in [0.05, 0.1) is 16.1 Å². The fourth-order valence-electron chi connectivity index (χ4n) is 2.23. The minimum Gasteiger partial charge on any atom is -0.247 e. The first kappa shape index (κ1) is 10.5. The van der Waals surface area contributed by atoms with Crippen LogP contribution in [-0.2, 0) is 0 Å². The minimum atomic E-state index is 0.812. The third kappa shape index (κ3) is 1.50. The van der Waals surface area contributed by atoms with Crippen LogP contribution in [0.2, 0.25) is 5.02 Å². The predicted molar refractivity (Wildman–Crippen MR) is 73.7 cm³/mol. The van der Waals surface area contributed by atoms with Crippen molar-refractivity contribution in [3.8, 4) is 0 Å². The highest BCUT2D eigenvalue weighted by Gasteiger charge is 2.10. The van der Waals surface area contributed by atoms with E-state index >= 15 is 0 Å². The van der Waals surface area contributed by atoms with E-state index in [-0.39, 0.29) is 0 Å². The van der Waals surface area contributed by atoms with Crippen LogP contribution >= 0.6 is 11.6 Å². The number of aryl methyl sites for hydroxylation is 2. The van der Waals surface area contributed by atoms with Crippen LogP contribution in [0.5, 0.6) is 0 Å². The van der Waals surface area contributed by atoms with E-state index in [2.05, 4.69) is 26.0 Å². The number of nitrogens with zero attached hydrogens (tertiary/aromatic N) is 1. The van der Waals surface area contributed by atoms with E-state index < -0.39 is 0 Å². The van der Waals surface area contributed by atoms with Crippen molar-refractivity contribution in [2.24, 2.45) is 0 Å². The van der Waals surface area contributed by atoms with Crippen LogP contribution in [0.1, 0.15) is 11.1 Å². The monoisotopic (exact) mass is 241 g/mol. The van der Waals surface area contributed by atoms with Crippen molar-refractivity contribution < 1.29 is 0 Å². The standard InChI is InChI=1S/C15H12ClN/c1-9-7-8-10(2)15-13(9)14(16)11-5-3-4-6-12(11)17-15/h3-8H,1-2H3. The van der Waals surface area contributed by atoms with Gasteiger partial charge in [0, 0.05) is 10.8 Å². The highest BCUT2D eigenvalue weighted by atomic mass is 35.5. The number of para-hydroxylation sites is 1. The maximum absolute atomic E-state index is 6.51. The second kappa shape index (κ2) is 3.71. The van der Waals surface area contributed by atoms with Gasteiger partial charge in [0.15, 0.2) is 0 Å². The lowest BCUT2D eigenvalue weighted by Crippen LogP contribution is -1.90. The molecule has 0 atom stereocenters. The first-order valence-corrected chi connectivity index (χ1v) is 6.00. The Morgan fingerprint density at radius 3 is 2.47 bits per heavy atom. The lowest BCUT2D eigenvalue weighted by Gasteiger charge is -2.09. The normalized spacial score (nSPS) is 11.2. The molecule has 3 rings (SSSR count). The number of fused-ring (bicyclic) bond motifs is 2. The van der Waals surface area contributed by atoms with Crippen LogP contribution in [0.15, 0.2) is 36.4 Å². The van der Waals surface area contributed by atoms with Crippen molar-refractivity contribution in [1.29, 1.82) is 0 Å². The Hall–Kier alpha value is -1.60. The van der Waals surface area contributed by atoms with E-state index in [9.17, 15) is 0 Å². The molecule has 17 heavy (non-hydrogen) atoms. The number of benzene rings is 2. The number of hydrogen-bond acceptors (Lipinski definition) is 1. The van der Waals surface area contributed by atoms with Gasteiger partial charge in [0.25, 0.3) is 0 Å². The van der Waals surface area contributed by atoms with E-state index in [1.165, 1.54) is 11.1 Å². The third-order valence-electron chi connectivity index (χ3n) is 3.18. The summed E-state index contributed by atoms with van der Waals surface area (Å²) < 4.78 is 0. The SMILES string of the molecule is Cc1ccc(C)c2c(Cl)c3ccccc3nc12. The molecule has 1 nitrogen and oxygen atoms in total. The largest absolute Gasteiger partial charge is 0.247 e. The number of halogens is 1. The summed E-state index contributed by atoms with van der Waals surface area (Å²) in [6.07, 6.45) is 0. The molecule has 0 aliphatic rings. The van der Waals surface area contributed by atoms with E-state index in [1.54, 1.807) is 0 Å². The Bertz CT molecular complexity index is 732. The van der Waals surface area contributed by atoms with Gasteiger partial charge in [-0.1, -0.05) is 41.9 Å². The lowest BCUT2D eigenvalue weighted by atomic mass is 10.0. The zero-order chi connectivity index (χ0) is 12.0. The summed E-state index contributed by atoms with van der Waals surface area (Å²) >= 11 is 6.51. The van der Waals surface area contributed by atoms with Crippen LogP contribution in [0, 0.1) is 13.8 Å². The Balaban J connectivity index is 2.64. The Kier molecular flexibility index (Phi) is 2.30.